The summed E-state index contributed by atoms with van der Waals surface area (Å²) in [4.78, 5) is 40.2. The van der Waals surface area contributed by atoms with Gasteiger partial charge in [0, 0.05) is 50.7 Å². The van der Waals surface area contributed by atoms with E-state index >= 15 is 0 Å². The van der Waals surface area contributed by atoms with Crippen LogP contribution in [0.3, 0.4) is 0 Å². The molecule has 4 N–H and O–H groups in total. The summed E-state index contributed by atoms with van der Waals surface area (Å²) in [6.07, 6.45) is 7.24. The van der Waals surface area contributed by atoms with Crippen LogP contribution in [0.5, 0.6) is 0 Å². The first-order chi connectivity index (χ1) is 19.9. The number of ether oxygens (including phenoxy) is 1. The molecule has 2 aliphatic heterocycles. The van der Waals surface area contributed by atoms with Crippen molar-refractivity contribution in [3.05, 3.63) is 53.9 Å². The minimum atomic E-state index is -0.535. The van der Waals surface area contributed by atoms with Gasteiger partial charge in [-0.1, -0.05) is 0 Å². The van der Waals surface area contributed by atoms with Crippen LogP contribution in [-0.4, -0.2) is 87.6 Å². The Morgan fingerprint density at radius 3 is 2.02 bits per heavy atom. The number of amides is 2. The van der Waals surface area contributed by atoms with Crippen molar-refractivity contribution in [1.29, 1.82) is 5.41 Å². The van der Waals surface area contributed by atoms with Gasteiger partial charge >= 0.3 is 6.09 Å². The van der Waals surface area contributed by atoms with Gasteiger partial charge in [0.1, 0.15) is 17.2 Å². The Balaban J connectivity index is 0.000000437. The number of nitrogens with one attached hydrogen (secondary N) is 2. The van der Waals surface area contributed by atoms with Crippen molar-refractivity contribution in [1.82, 2.24) is 25.1 Å². The molecule has 2 aromatic rings. The topological polar surface area (TPSA) is 141 Å². The molecule has 1 aromatic heterocycles. The SMILES string of the molecule is CC(C)(C)OC(=O)NC1CCN(c2ncc(C(=O)N(C3CC3)C3CCN(C(=N)N)CC3)cn2)C1.Fc1ccc(F)cc1. The molecule has 1 atom stereocenters. The Hall–Kier alpha value is -4.03. The zero-order valence-corrected chi connectivity index (χ0v) is 24.4. The van der Waals surface area contributed by atoms with Crippen LogP contribution in [0.15, 0.2) is 36.7 Å². The predicted molar refractivity (Wildman–Crippen MR) is 154 cm³/mol. The number of likely N-dealkylation sites (tertiary alicyclic amines) is 1. The molecule has 2 amide bonds. The Labute approximate surface area is 244 Å². The summed E-state index contributed by atoms with van der Waals surface area (Å²) in [6.45, 7) is 8.21. The summed E-state index contributed by atoms with van der Waals surface area (Å²) in [5, 5.41) is 10.5. The number of carbonyl (C=O) groups excluding carboxylic acids is 2. The van der Waals surface area contributed by atoms with Gasteiger partial charge in [0.25, 0.3) is 5.91 Å². The minimum absolute atomic E-state index is 0.0267. The van der Waals surface area contributed by atoms with E-state index < -0.39 is 23.3 Å². The number of nitrogens with two attached hydrogens (primary N) is 1. The van der Waals surface area contributed by atoms with Crippen LogP contribution in [0.25, 0.3) is 0 Å². The van der Waals surface area contributed by atoms with Gasteiger partial charge in [-0.05, 0) is 77.1 Å². The molecular formula is C29H40F2N8O3. The first-order valence-electron chi connectivity index (χ1n) is 14.3. The fourth-order valence-electron chi connectivity index (χ4n) is 5.07. The zero-order chi connectivity index (χ0) is 30.4. The van der Waals surface area contributed by atoms with E-state index in [9.17, 15) is 18.4 Å². The number of rotatable bonds is 5. The smallest absolute Gasteiger partial charge is 0.407 e. The monoisotopic (exact) mass is 586 g/mol. The number of piperidine rings is 1. The van der Waals surface area contributed by atoms with E-state index in [4.69, 9.17) is 15.9 Å². The third-order valence-corrected chi connectivity index (χ3v) is 7.25. The highest BCUT2D eigenvalue weighted by Crippen LogP contribution is 2.33. The first-order valence-corrected chi connectivity index (χ1v) is 14.3. The maximum absolute atomic E-state index is 13.4. The fraction of sp³-hybridized carbons (Fsp3) is 0.552. The molecule has 1 aromatic carbocycles. The van der Waals surface area contributed by atoms with E-state index in [1.54, 1.807) is 12.4 Å². The van der Waals surface area contributed by atoms with Crippen molar-refractivity contribution in [3.63, 3.8) is 0 Å². The molecule has 5 rings (SSSR count). The largest absolute Gasteiger partial charge is 0.444 e. The normalized spacial score (nSPS) is 19.0. The molecule has 3 heterocycles. The van der Waals surface area contributed by atoms with Gasteiger partial charge in [0.2, 0.25) is 5.95 Å². The molecule has 3 fully saturated rings. The average molecular weight is 587 g/mol. The van der Waals surface area contributed by atoms with E-state index in [1.165, 1.54) is 0 Å². The van der Waals surface area contributed by atoms with Crippen molar-refractivity contribution < 1.29 is 23.1 Å². The third-order valence-electron chi connectivity index (χ3n) is 7.25. The number of alkyl carbamates (subject to hydrolysis) is 1. The number of hydrogen-bond donors (Lipinski definition) is 3. The number of benzene rings is 1. The Bertz CT molecular complexity index is 1210. The lowest BCUT2D eigenvalue weighted by molar-refractivity contribution is 0.0507. The number of guanidine groups is 1. The van der Waals surface area contributed by atoms with Crippen molar-refractivity contribution in [3.8, 4) is 0 Å². The summed E-state index contributed by atoms with van der Waals surface area (Å²) in [7, 11) is 0. The van der Waals surface area contributed by atoms with Crippen molar-refractivity contribution in [2.24, 2.45) is 5.73 Å². The summed E-state index contributed by atoms with van der Waals surface area (Å²) in [5.74, 6) is -0.200. The van der Waals surface area contributed by atoms with Gasteiger partial charge < -0.3 is 30.5 Å². The quantitative estimate of drug-likeness (QED) is 0.357. The van der Waals surface area contributed by atoms with Crippen molar-refractivity contribution in [2.45, 2.75) is 76.6 Å². The van der Waals surface area contributed by atoms with Crippen LogP contribution in [-0.2, 0) is 4.74 Å². The second-order valence-corrected chi connectivity index (χ2v) is 11.8. The zero-order valence-electron chi connectivity index (χ0n) is 24.4. The summed E-state index contributed by atoms with van der Waals surface area (Å²) >= 11 is 0. The van der Waals surface area contributed by atoms with E-state index in [0.717, 1.165) is 62.9 Å². The molecule has 1 saturated carbocycles. The highest BCUT2D eigenvalue weighted by molar-refractivity contribution is 5.94. The minimum Gasteiger partial charge on any atom is -0.444 e. The summed E-state index contributed by atoms with van der Waals surface area (Å²) < 4.78 is 29.2. The third kappa shape index (κ3) is 8.73. The van der Waals surface area contributed by atoms with E-state index in [-0.39, 0.29) is 30.0 Å². The number of aromatic nitrogens is 2. The van der Waals surface area contributed by atoms with Gasteiger partial charge in [0.15, 0.2) is 5.96 Å². The number of hydrogen-bond acceptors (Lipinski definition) is 7. The van der Waals surface area contributed by atoms with Gasteiger partial charge in [-0.15, -0.1) is 0 Å². The van der Waals surface area contributed by atoms with Crippen LogP contribution in [0.2, 0.25) is 0 Å². The molecule has 0 bridgehead atoms. The molecule has 13 heteroatoms. The average Bonchev–Trinajstić information content (AvgIpc) is 3.67. The van der Waals surface area contributed by atoms with E-state index in [2.05, 4.69) is 15.3 Å². The maximum atomic E-state index is 13.4. The number of anilines is 1. The molecule has 42 heavy (non-hydrogen) atoms. The molecule has 1 unspecified atom stereocenters. The van der Waals surface area contributed by atoms with Crippen LogP contribution in [0.1, 0.15) is 63.2 Å². The Kier molecular flexibility index (Phi) is 9.79. The lowest BCUT2D eigenvalue weighted by Crippen LogP contribution is -2.51. The predicted octanol–water partition coefficient (Wildman–Crippen LogP) is 3.51. The lowest BCUT2D eigenvalue weighted by atomic mass is 10.0. The summed E-state index contributed by atoms with van der Waals surface area (Å²) in [6, 6.07) is 4.70. The number of carbonyl (C=O) groups is 2. The standard InChI is InChI=1S/C23H36N8O3.C6H4F2/c1-23(2,3)34-22(33)28-16-6-9-30(14-16)21-26-12-15(13-27-21)19(32)31(17-4-5-17)18-7-10-29(11-8-18)20(24)25;7-5-1-2-6(8)4-3-5/h12-13,16-18H,4-11,14H2,1-3H3,(H3,24,25)(H,28,33);1-4H. The molecule has 1 aliphatic carbocycles. The van der Waals surface area contributed by atoms with Gasteiger partial charge in [-0.3, -0.25) is 10.2 Å². The van der Waals surface area contributed by atoms with Crippen LogP contribution in [0.4, 0.5) is 19.5 Å². The van der Waals surface area contributed by atoms with Crippen LogP contribution < -0.4 is 16.0 Å². The Morgan fingerprint density at radius 2 is 1.52 bits per heavy atom. The van der Waals surface area contributed by atoms with Crippen molar-refractivity contribution in [2.75, 3.05) is 31.1 Å². The van der Waals surface area contributed by atoms with Gasteiger partial charge in [0.05, 0.1) is 11.6 Å². The highest BCUT2D eigenvalue weighted by atomic mass is 19.1. The highest BCUT2D eigenvalue weighted by Gasteiger charge is 2.39. The number of nitrogens with zero attached hydrogens (tertiary/aromatic N) is 5. The number of halogens is 2. The summed E-state index contributed by atoms with van der Waals surface area (Å²) in [5.41, 5.74) is 5.57. The van der Waals surface area contributed by atoms with Crippen LogP contribution >= 0.6 is 0 Å². The molecule has 3 aliphatic rings. The van der Waals surface area contributed by atoms with Gasteiger partial charge in [-0.2, -0.15) is 0 Å². The molecule has 0 spiro atoms. The molecule has 11 nitrogen and oxygen atoms in total. The van der Waals surface area contributed by atoms with Crippen molar-refractivity contribution >= 4 is 23.9 Å². The fourth-order valence-corrected chi connectivity index (χ4v) is 5.07. The molecular weight excluding hydrogens is 546 g/mol. The van der Waals surface area contributed by atoms with E-state index in [0.29, 0.717) is 31.1 Å². The lowest BCUT2D eigenvalue weighted by Gasteiger charge is -2.39. The second kappa shape index (κ2) is 13.3. The van der Waals surface area contributed by atoms with E-state index in [1.807, 2.05) is 35.5 Å². The Morgan fingerprint density at radius 1 is 0.976 bits per heavy atom. The first kappa shape index (κ1) is 30.9. The molecule has 228 valence electrons. The van der Waals surface area contributed by atoms with Gasteiger partial charge in [-0.25, -0.2) is 23.5 Å². The molecule has 0 radical (unpaired) electrons. The maximum Gasteiger partial charge on any atom is 0.407 e. The molecule has 2 saturated heterocycles. The van der Waals surface area contributed by atoms with Crippen LogP contribution in [0, 0.1) is 17.0 Å². The second-order valence-electron chi connectivity index (χ2n) is 11.8.